The number of hydrogen-bond acceptors (Lipinski definition) is 2. The standard InChI is InChI=1S/C6H10BN3/c1-3-10-5(8)4(2)9-6(10)7/h3,8H2,1-2H3. The predicted octanol–water partition coefficient (Wildman–Crippen LogP) is -0.413. The summed E-state index contributed by atoms with van der Waals surface area (Å²) in [6, 6.07) is 0. The Bertz CT molecular complexity index is 241. The van der Waals surface area contributed by atoms with Gasteiger partial charge in [0.05, 0.1) is 11.4 Å². The molecule has 0 aliphatic carbocycles. The van der Waals surface area contributed by atoms with Crippen LogP contribution < -0.4 is 11.5 Å². The summed E-state index contributed by atoms with van der Waals surface area (Å²) in [7, 11) is 5.52. The third-order valence-corrected chi connectivity index (χ3v) is 1.54. The number of imidazole rings is 1. The van der Waals surface area contributed by atoms with Crippen LogP contribution in [-0.4, -0.2) is 17.4 Å². The highest BCUT2D eigenvalue weighted by Crippen LogP contribution is 2.04. The molecule has 0 unspecified atom stereocenters. The molecule has 0 aliphatic heterocycles. The van der Waals surface area contributed by atoms with Crippen molar-refractivity contribution in [2.45, 2.75) is 20.4 Å². The van der Waals surface area contributed by atoms with Crippen LogP contribution in [0.15, 0.2) is 0 Å². The highest BCUT2D eigenvalue weighted by Gasteiger charge is 2.03. The summed E-state index contributed by atoms with van der Waals surface area (Å²) < 4.78 is 1.77. The Balaban J connectivity index is 3.20. The topological polar surface area (TPSA) is 43.8 Å². The Morgan fingerprint density at radius 3 is 2.50 bits per heavy atom. The molecule has 0 fully saturated rings. The molecule has 0 saturated carbocycles. The molecule has 2 radical (unpaired) electrons. The summed E-state index contributed by atoms with van der Waals surface area (Å²) in [4.78, 5) is 4.00. The lowest BCUT2D eigenvalue weighted by Crippen LogP contribution is -2.19. The quantitative estimate of drug-likeness (QED) is 0.531. The highest BCUT2D eigenvalue weighted by atomic mass is 15.1. The van der Waals surface area contributed by atoms with E-state index in [0.717, 1.165) is 12.2 Å². The maximum atomic E-state index is 5.63. The second-order valence-electron chi connectivity index (χ2n) is 2.18. The molecule has 1 aromatic rings. The molecule has 0 aromatic carbocycles. The molecular formula is C6H10BN3. The van der Waals surface area contributed by atoms with Crippen molar-refractivity contribution in [3.8, 4) is 0 Å². The Kier molecular flexibility index (Phi) is 1.70. The van der Waals surface area contributed by atoms with Gasteiger partial charge in [0, 0.05) is 6.54 Å². The monoisotopic (exact) mass is 135 g/mol. The number of aryl methyl sites for hydroxylation is 1. The molecule has 52 valence electrons. The van der Waals surface area contributed by atoms with Crippen molar-refractivity contribution >= 4 is 19.4 Å². The van der Waals surface area contributed by atoms with E-state index in [1.165, 1.54) is 0 Å². The summed E-state index contributed by atoms with van der Waals surface area (Å²) in [5, 5.41) is 0. The van der Waals surface area contributed by atoms with E-state index < -0.39 is 0 Å². The first kappa shape index (κ1) is 7.19. The fourth-order valence-electron chi connectivity index (χ4n) is 0.941. The van der Waals surface area contributed by atoms with Gasteiger partial charge in [0.25, 0.3) is 0 Å². The van der Waals surface area contributed by atoms with Crippen molar-refractivity contribution in [2.24, 2.45) is 0 Å². The number of hydrogen-bond donors (Lipinski definition) is 1. The van der Waals surface area contributed by atoms with Crippen LogP contribution in [0.5, 0.6) is 0 Å². The van der Waals surface area contributed by atoms with Crippen molar-refractivity contribution < 1.29 is 0 Å². The lowest BCUT2D eigenvalue weighted by atomic mass is 10.1. The van der Waals surface area contributed by atoms with Crippen LogP contribution in [0, 0.1) is 6.92 Å². The van der Waals surface area contributed by atoms with Gasteiger partial charge in [-0.1, -0.05) is 0 Å². The van der Waals surface area contributed by atoms with Crippen LogP contribution in [0.4, 0.5) is 5.82 Å². The van der Waals surface area contributed by atoms with E-state index in [9.17, 15) is 0 Å². The predicted molar refractivity (Wildman–Crippen MR) is 42.4 cm³/mol. The van der Waals surface area contributed by atoms with E-state index in [1.807, 2.05) is 13.8 Å². The molecule has 1 heterocycles. The zero-order valence-electron chi connectivity index (χ0n) is 6.26. The number of nitrogens with two attached hydrogens (primary N) is 1. The van der Waals surface area contributed by atoms with Crippen molar-refractivity contribution in [2.75, 3.05) is 5.73 Å². The first-order valence-corrected chi connectivity index (χ1v) is 3.25. The van der Waals surface area contributed by atoms with Crippen LogP contribution >= 0.6 is 0 Å². The number of anilines is 1. The van der Waals surface area contributed by atoms with E-state index in [4.69, 9.17) is 13.6 Å². The van der Waals surface area contributed by atoms with E-state index in [2.05, 4.69) is 4.98 Å². The fraction of sp³-hybridized carbons (Fsp3) is 0.500. The largest absolute Gasteiger partial charge is 0.384 e. The average Bonchev–Trinajstić information content (AvgIpc) is 2.09. The number of aromatic nitrogens is 2. The molecule has 3 nitrogen and oxygen atoms in total. The van der Waals surface area contributed by atoms with Gasteiger partial charge >= 0.3 is 0 Å². The molecule has 4 heteroatoms. The minimum atomic E-state index is 0.498. The lowest BCUT2D eigenvalue weighted by Gasteiger charge is -2.01. The minimum absolute atomic E-state index is 0.498. The molecule has 0 aliphatic rings. The van der Waals surface area contributed by atoms with Gasteiger partial charge in [-0.25, -0.2) is 4.98 Å². The maximum Gasteiger partial charge on any atom is 0.167 e. The van der Waals surface area contributed by atoms with E-state index in [1.54, 1.807) is 4.57 Å². The molecule has 0 amide bonds. The summed E-state index contributed by atoms with van der Waals surface area (Å²) in [6.07, 6.45) is 0. The summed E-state index contributed by atoms with van der Waals surface area (Å²) in [5.41, 5.74) is 6.94. The Hall–Kier alpha value is -0.925. The van der Waals surface area contributed by atoms with Crippen molar-refractivity contribution in [1.82, 2.24) is 9.55 Å². The lowest BCUT2D eigenvalue weighted by molar-refractivity contribution is 0.795. The summed E-state index contributed by atoms with van der Waals surface area (Å²) in [6.45, 7) is 4.60. The van der Waals surface area contributed by atoms with Crippen LogP contribution in [0.1, 0.15) is 12.6 Å². The van der Waals surface area contributed by atoms with Crippen LogP contribution in [0.3, 0.4) is 0 Å². The Morgan fingerprint density at radius 1 is 1.70 bits per heavy atom. The summed E-state index contributed by atoms with van der Waals surface area (Å²) in [5.74, 6) is 0.667. The van der Waals surface area contributed by atoms with Gasteiger partial charge < -0.3 is 10.3 Å². The SMILES string of the molecule is [B]c1nc(C)c(N)n1CC. The van der Waals surface area contributed by atoms with Gasteiger partial charge in [-0.3, -0.25) is 0 Å². The molecule has 0 atom stereocenters. The summed E-state index contributed by atoms with van der Waals surface area (Å²) >= 11 is 0. The van der Waals surface area contributed by atoms with Crippen molar-refractivity contribution in [1.29, 1.82) is 0 Å². The number of rotatable bonds is 1. The Labute approximate surface area is 61.7 Å². The highest BCUT2D eigenvalue weighted by molar-refractivity contribution is 6.29. The molecule has 10 heavy (non-hydrogen) atoms. The second-order valence-corrected chi connectivity index (χ2v) is 2.18. The van der Waals surface area contributed by atoms with Gasteiger partial charge in [0.1, 0.15) is 5.82 Å². The minimum Gasteiger partial charge on any atom is -0.384 e. The van der Waals surface area contributed by atoms with Gasteiger partial charge in [-0.15, -0.1) is 0 Å². The first-order chi connectivity index (χ1) is 4.66. The molecule has 0 spiro atoms. The number of nitrogen functional groups attached to an aromatic ring is 1. The number of nitrogens with zero attached hydrogens (tertiary/aromatic N) is 2. The molecular weight excluding hydrogens is 125 g/mol. The van der Waals surface area contributed by atoms with Crippen molar-refractivity contribution in [3.63, 3.8) is 0 Å². The molecule has 1 rings (SSSR count). The Morgan fingerprint density at radius 2 is 2.30 bits per heavy atom. The van der Waals surface area contributed by atoms with Crippen LogP contribution in [0.2, 0.25) is 0 Å². The molecule has 0 saturated heterocycles. The van der Waals surface area contributed by atoms with Crippen LogP contribution in [0.25, 0.3) is 0 Å². The first-order valence-electron chi connectivity index (χ1n) is 3.25. The van der Waals surface area contributed by atoms with Gasteiger partial charge in [0.2, 0.25) is 0 Å². The fourth-order valence-corrected chi connectivity index (χ4v) is 0.941. The van der Waals surface area contributed by atoms with Gasteiger partial charge in [-0.2, -0.15) is 0 Å². The molecule has 2 N–H and O–H groups in total. The third-order valence-electron chi connectivity index (χ3n) is 1.54. The van der Waals surface area contributed by atoms with Gasteiger partial charge in [-0.05, 0) is 13.8 Å². The zero-order valence-corrected chi connectivity index (χ0v) is 6.26. The van der Waals surface area contributed by atoms with E-state index in [-0.39, 0.29) is 0 Å². The molecule has 1 aromatic heterocycles. The van der Waals surface area contributed by atoms with Crippen LogP contribution in [-0.2, 0) is 6.54 Å². The normalized spacial score (nSPS) is 10.2. The second kappa shape index (κ2) is 2.36. The average molecular weight is 135 g/mol. The van der Waals surface area contributed by atoms with E-state index >= 15 is 0 Å². The third kappa shape index (κ3) is 0.896. The van der Waals surface area contributed by atoms with Crippen molar-refractivity contribution in [3.05, 3.63) is 5.69 Å². The maximum absolute atomic E-state index is 5.63. The zero-order chi connectivity index (χ0) is 7.72. The molecule has 0 bridgehead atoms. The smallest absolute Gasteiger partial charge is 0.167 e. The van der Waals surface area contributed by atoms with E-state index in [0.29, 0.717) is 11.5 Å². The van der Waals surface area contributed by atoms with Gasteiger partial charge in [0.15, 0.2) is 7.85 Å².